The van der Waals surface area contributed by atoms with Crippen LogP contribution in [0.15, 0.2) is 24.4 Å². The predicted molar refractivity (Wildman–Crippen MR) is 89.0 cm³/mol. The lowest BCUT2D eigenvalue weighted by molar-refractivity contribution is -0.144. The molecule has 1 aromatic heterocycles. The quantitative estimate of drug-likeness (QED) is 0.845. The maximum absolute atomic E-state index is 13.6. The zero-order valence-corrected chi connectivity index (χ0v) is 13.9. The smallest absolute Gasteiger partial charge is 0.325 e. The van der Waals surface area contributed by atoms with E-state index in [0.29, 0.717) is 29.6 Å². The highest BCUT2D eigenvalue weighted by Crippen LogP contribution is 2.31. The average Bonchev–Trinajstić information content (AvgIpc) is 2.86. The van der Waals surface area contributed by atoms with Gasteiger partial charge in [-0.25, -0.2) is 4.39 Å². The number of halogens is 1. The Morgan fingerprint density at radius 1 is 1.20 bits per heavy atom. The van der Waals surface area contributed by atoms with Crippen LogP contribution in [0.3, 0.4) is 0 Å². The van der Waals surface area contributed by atoms with Gasteiger partial charge in [-0.3, -0.25) is 14.5 Å². The number of carbonyl (C=O) groups is 2. The molecule has 1 aliphatic rings. The van der Waals surface area contributed by atoms with Gasteiger partial charge in [-0.2, -0.15) is 0 Å². The summed E-state index contributed by atoms with van der Waals surface area (Å²) in [5.74, 6) is -2.56. The number of rotatable bonds is 5. The van der Waals surface area contributed by atoms with E-state index in [4.69, 9.17) is 5.11 Å². The van der Waals surface area contributed by atoms with Gasteiger partial charge in [0.2, 0.25) is 0 Å². The first-order valence-corrected chi connectivity index (χ1v) is 8.02. The van der Waals surface area contributed by atoms with Gasteiger partial charge in [0, 0.05) is 43.3 Å². The maximum Gasteiger partial charge on any atom is 0.325 e. The van der Waals surface area contributed by atoms with Crippen molar-refractivity contribution in [3.05, 3.63) is 35.8 Å². The Bertz CT molecular complexity index is 812. The van der Waals surface area contributed by atoms with Crippen molar-refractivity contribution in [2.75, 3.05) is 33.2 Å². The number of likely N-dealkylation sites (N-methyl/N-ethyl adjacent to an activating group) is 1. The molecule has 0 bridgehead atoms. The Kier molecular flexibility index (Phi) is 4.73. The molecular weight excluding hydrogens is 329 g/mol. The Balaban J connectivity index is 2.08. The summed E-state index contributed by atoms with van der Waals surface area (Å²) in [7, 11) is 1.98. The lowest BCUT2D eigenvalue weighted by Gasteiger charge is -2.36. The largest absolute Gasteiger partial charge is 0.480 e. The van der Waals surface area contributed by atoms with Gasteiger partial charge in [0.25, 0.3) is 0 Å². The SMILES string of the molecule is CN1CCN([C@H](C(=O)O)c2cn(CC(=O)O)c3cc(F)ccc23)CC1. The van der Waals surface area contributed by atoms with Gasteiger partial charge in [0.1, 0.15) is 18.4 Å². The van der Waals surface area contributed by atoms with Gasteiger partial charge in [-0.05, 0) is 25.2 Å². The molecule has 1 fully saturated rings. The highest BCUT2D eigenvalue weighted by Gasteiger charge is 2.32. The van der Waals surface area contributed by atoms with E-state index in [-0.39, 0.29) is 6.54 Å². The fraction of sp³-hybridized carbons (Fsp3) is 0.412. The van der Waals surface area contributed by atoms with Crippen LogP contribution in [0, 0.1) is 5.82 Å². The van der Waals surface area contributed by atoms with Crippen molar-refractivity contribution in [2.24, 2.45) is 0 Å². The molecular formula is C17H20FN3O4. The highest BCUT2D eigenvalue weighted by atomic mass is 19.1. The van der Waals surface area contributed by atoms with Crippen LogP contribution in [0.2, 0.25) is 0 Å². The van der Waals surface area contributed by atoms with Gasteiger partial charge in [0.05, 0.1) is 5.52 Å². The van der Waals surface area contributed by atoms with Crippen LogP contribution >= 0.6 is 0 Å². The van der Waals surface area contributed by atoms with Crippen molar-refractivity contribution in [1.29, 1.82) is 0 Å². The van der Waals surface area contributed by atoms with Crippen molar-refractivity contribution >= 4 is 22.8 Å². The monoisotopic (exact) mass is 349 g/mol. The Hall–Kier alpha value is -2.45. The first-order valence-electron chi connectivity index (χ1n) is 8.02. The first kappa shape index (κ1) is 17.4. The number of carboxylic acid groups (broad SMARTS) is 2. The lowest BCUT2D eigenvalue weighted by Crippen LogP contribution is -2.47. The first-order chi connectivity index (χ1) is 11.9. The van der Waals surface area contributed by atoms with Crippen LogP contribution < -0.4 is 0 Å². The van der Waals surface area contributed by atoms with Crippen molar-refractivity contribution in [1.82, 2.24) is 14.4 Å². The maximum atomic E-state index is 13.6. The van der Waals surface area contributed by atoms with E-state index < -0.39 is 23.8 Å². The minimum atomic E-state index is -1.07. The molecule has 2 heterocycles. The fourth-order valence-corrected chi connectivity index (χ4v) is 3.35. The third-order valence-corrected chi connectivity index (χ3v) is 4.61. The second-order valence-electron chi connectivity index (χ2n) is 6.35. The zero-order valence-electron chi connectivity index (χ0n) is 13.9. The minimum Gasteiger partial charge on any atom is -0.480 e. The Morgan fingerprint density at radius 3 is 2.48 bits per heavy atom. The van der Waals surface area contributed by atoms with Gasteiger partial charge in [-0.1, -0.05) is 0 Å². The second-order valence-corrected chi connectivity index (χ2v) is 6.35. The third kappa shape index (κ3) is 3.49. The number of aliphatic carboxylic acids is 2. The van der Waals surface area contributed by atoms with Gasteiger partial charge < -0.3 is 19.7 Å². The molecule has 8 heteroatoms. The van der Waals surface area contributed by atoms with E-state index in [1.807, 2.05) is 11.9 Å². The van der Waals surface area contributed by atoms with Crippen molar-refractivity contribution in [2.45, 2.75) is 12.6 Å². The van der Waals surface area contributed by atoms with E-state index in [0.717, 1.165) is 13.1 Å². The summed E-state index contributed by atoms with van der Waals surface area (Å²) in [5.41, 5.74) is 0.881. The number of aromatic nitrogens is 1. The summed E-state index contributed by atoms with van der Waals surface area (Å²) in [4.78, 5) is 27.1. The standard InChI is InChI=1S/C17H20FN3O4/c1-19-4-6-20(7-5-19)16(17(24)25)13-9-21(10-15(22)23)14-8-11(18)2-3-12(13)14/h2-3,8-9,16H,4-7,10H2,1H3,(H,22,23)(H,24,25)/t16-/m0/s1. The van der Waals surface area contributed by atoms with Gasteiger partial charge in [0.15, 0.2) is 0 Å². The second kappa shape index (κ2) is 6.81. The molecule has 1 saturated heterocycles. The van der Waals surface area contributed by atoms with E-state index in [1.165, 1.54) is 29.0 Å². The molecule has 1 atom stereocenters. The number of hydrogen-bond acceptors (Lipinski definition) is 4. The number of carboxylic acids is 2. The lowest BCUT2D eigenvalue weighted by atomic mass is 10.0. The van der Waals surface area contributed by atoms with Gasteiger partial charge >= 0.3 is 11.9 Å². The summed E-state index contributed by atoms with van der Waals surface area (Å²) < 4.78 is 15.0. The van der Waals surface area contributed by atoms with E-state index in [2.05, 4.69) is 4.90 Å². The molecule has 2 aromatic rings. The number of fused-ring (bicyclic) bond motifs is 1. The number of hydrogen-bond donors (Lipinski definition) is 2. The van der Waals surface area contributed by atoms with Crippen LogP contribution in [0.5, 0.6) is 0 Å². The molecule has 0 amide bonds. The molecule has 1 aromatic carbocycles. The fourth-order valence-electron chi connectivity index (χ4n) is 3.35. The number of nitrogens with zero attached hydrogens (tertiary/aromatic N) is 3. The molecule has 1 aliphatic heterocycles. The van der Waals surface area contributed by atoms with Crippen molar-refractivity contribution in [3.8, 4) is 0 Å². The van der Waals surface area contributed by atoms with Crippen molar-refractivity contribution in [3.63, 3.8) is 0 Å². The summed E-state index contributed by atoms with van der Waals surface area (Å²) in [5, 5.41) is 19.4. The zero-order chi connectivity index (χ0) is 18.1. The average molecular weight is 349 g/mol. The molecule has 7 nitrogen and oxygen atoms in total. The third-order valence-electron chi connectivity index (χ3n) is 4.61. The predicted octanol–water partition coefficient (Wildman–Crippen LogP) is 1.24. The van der Waals surface area contributed by atoms with E-state index in [1.54, 1.807) is 0 Å². The molecule has 0 saturated carbocycles. The number of benzene rings is 1. The highest BCUT2D eigenvalue weighted by molar-refractivity contribution is 5.90. The van der Waals surface area contributed by atoms with Crippen LogP contribution in [0.1, 0.15) is 11.6 Å². The summed E-state index contributed by atoms with van der Waals surface area (Å²) in [6.45, 7) is 2.36. The molecule has 0 unspecified atom stereocenters. The number of piperazine rings is 1. The molecule has 0 spiro atoms. The van der Waals surface area contributed by atoms with Crippen molar-refractivity contribution < 1.29 is 24.2 Å². The summed E-state index contributed by atoms with van der Waals surface area (Å²) in [6, 6.07) is 3.13. The molecule has 0 radical (unpaired) electrons. The van der Waals surface area contributed by atoms with Gasteiger partial charge in [-0.15, -0.1) is 0 Å². The molecule has 0 aliphatic carbocycles. The topological polar surface area (TPSA) is 86.0 Å². The molecule has 3 rings (SSSR count). The van der Waals surface area contributed by atoms with Crippen LogP contribution in [0.4, 0.5) is 4.39 Å². The molecule has 25 heavy (non-hydrogen) atoms. The summed E-state index contributed by atoms with van der Waals surface area (Å²) in [6.07, 6.45) is 1.52. The van der Waals surface area contributed by atoms with Crippen LogP contribution in [0.25, 0.3) is 10.9 Å². The Morgan fingerprint density at radius 2 is 1.88 bits per heavy atom. The van der Waals surface area contributed by atoms with E-state index >= 15 is 0 Å². The normalized spacial score (nSPS) is 17.7. The molecule has 134 valence electrons. The summed E-state index contributed by atoms with van der Waals surface area (Å²) >= 11 is 0. The minimum absolute atomic E-state index is 0.352. The Labute approximate surface area is 143 Å². The van der Waals surface area contributed by atoms with E-state index in [9.17, 15) is 19.1 Å². The molecule has 2 N–H and O–H groups in total. The van der Waals surface area contributed by atoms with Crippen LogP contribution in [-0.4, -0.2) is 69.7 Å². The van der Waals surface area contributed by atoms with Crippen LogP contribution in [-0.2, 0) is 16.1 Å².